The number of hydrogen-bond donors (Lipinski definition) is 1. The summed E-state index contributed by atoms with van der Waals surface area (Å²) in [4.78, 5) is 15.9. The predicted octanol–water partition coefficient (Wildman–Crippen LogP) is 4.53. The summed E-state index contributed by atoms with van der Waals surface area (Å²) in [7, 11) is 1.54. The molecule has 0 amide bonds. The van der Waals surface area contributed by atoms with Crippen LogP contribution in [0.2, 0.25) is 0 Å². The molecule has 25 heavy (non-hydrogen) atoms. The summed E-state index contributed by atoms with van der Waals surface area (Å²) in [5.41, 5.74) is 3.60. The molecule has 4 heteroatoms. The Hall–Kier alpha value is -3.32. The van der Waals surface area contributed by atoms with Gasteiger partial charge in [-0.25, -0.2) is 0 Å². The maximum atomic E-state index is 12.7. The highest BCUT2D eigenvalue weighted by atomic mass is 16.5. The number of aromatic amines is 1. The third kappa shape index (κ3) is 3.17. The first-order valence-corrected chi connectivity index (χ1v) is 8.07. The van der Waals surface area contributed by atoms with Gasteiger partial charge in [0.25, 0.3) is 0 Å². The molecule has 3 aromatic rings. The van der Waals surface area contributed by atoms with Crippen LogP contribution in [0, 0.1) is 11.3 Å². The summed E-state index contributed by atoms with van der Waals surface area (Å²) < 4.78 is 5.15. The minimum atomic E-state index is -0.317. The quantitative estimate of drug-likeness (QED) is 0.424. The van der Waals surface area contributed by atoms with Crippen LogP contribution in [0.4, 0.5) is 0 Å². The fraction of sp³-hybridized carbons (Fsp3) is 0.143. The summed E-state index contributed by atoms with van der Waals surface area (Å²) in [6.45, 7) is 2.10. The summed E-state index contributed by atoms with van der Waals surface area (Å²) in [6, 6.07) is 14.9. The molecule has 1 aromatic heterocycles. The molecule has 0 radical (unpaired) electrons. The van der Waals surface area contributed by atoms with Crippen LogP contribution < -0.4 is 4.74 Å². The van der Waals surface area contributed by atoms with Crippen molar-refractivity contribution in [2.24, 2.45) is 0 Å². The van der Waals surface area contributed by atoms with Crippen molar-refractivity contribution < 1.29 is 9.53 Å². The van der Waals surface area contributed by atoms with Crippen molar-refractivity contribution in [3.8, 4) is 11.8 Å². The van der Waals surface area contributed by atoms with E-state index in [1.807, 2.05) is 24.4 Å². The second-order valence-corrected chi connectivity index (χ2v) is 5.67. The van der Waals surface area contributed by atoms with Crippen LogP contribution >= 0.6 is 0 Å². The van der Waals surface area contributed by atoms with Crippen LogP contribution in [0.3, 0.4) is 0 Å². The van der Waals surface area contributed by atoms with Gasteiger partial charge in [0.2, 0.25) is 5.78 Å². The second kappa shape index (κ2) is 7.06. The number of nitrogens with zero attached hydrogens (tertiary/aromatic N) is 1. The number of carbonyl (C=O) groups is 1. The number of aryl methyl sites for hydroxylation is 1. The number of ether oxygens (including phenoxy) is 1. The number of Topliss-reactive ketones (excluding diaryl/α,β-unsaturated/α-hetero) is 1. The number of ketones is 1. The highest BCUT2D eigenvalue weighted by molar-refractivity contribution is 6.15. The van der Waals surface area contributed by atoms with Crippen molar-refractivity contribution in [1.29, 1.82) is 5.26 Å². The van der Waals surface area contributed by atoms with Crippen LogP contribution in [0.1, 0.15) is 28.4 Å². The largest absolute Gasteiger partial charge is 0.497 e. The van der Waals surface area contributed by atoms with E-state index in [-0.39, 0.29) is 11.4 Å². The molecule has 1 heterocycles. The molecule has 0 spiro atoms. The standard InChI is InChI=1S/C21H18N2O2/c1-3-14-6-5-9-19-17(13-23-20(14)19)10-16(12-22)21(24)15-7-4-8-18(11-15)25-2/h4-11,13,23H,3H2,1-2H3/b16-10+. The SMILES string of the molecule is CCc1cccc2c(/C=C(\C#N)C(=O)c3cccc(OC)c3)c[nH]c12. The van der Waals surface area contributed by atoms with Crippen LogP contribution in [0.15, 0.2) is 54.2 Å². The Labute approximate surface area is 146 Å². The number of para-hydroxylation sites is 1. The van der Waals surface area contributed by atoms with E-state index in [9.17, 15) is 10.1 Å². The molecule has 3 rings (SSSR count). The molecule has 0 aliphatic rings. The number of fused-ring (bicyclic) bond motifs is 1. The van der Waals surface area contributed by atoms with Crippen LogP contribution in [-0.2, 0) is 6.42 Å². The number of hydrogen-bond acceptors (Lipinski definition) is 3. The second-order valence-electron chi connectivity index (χ2n) is 5.67. The molecule has 0 saturated heterocycles. The normalized spacial score (nSPS) is 11.3. The Morgan fingerprint density at radius 1 is 1.28 bits per heavy atom. The van der Waals surface area contributed by atoms with E-state index in [4.69, 9.17) is 4.74 Å². The molecule has 0 unspecified atom stereocenters. The van der Waals surface area contributed by atoms with Gasteiger partial charge in [-0.1, -0.05) is 37.3 Å². The number of allylic oxidation sites excluding steroid dienone is 1. The predicted molar refractivity (Wildman–Crippen MR) is 98.6 cm³/mol. The number of rotatable bonds is 5. The number of nitrogens with one attached hydrogen (secondary N) is 1. The highest BCUT2D eigenvalue weighted by Crippen LogP contribution is 2.25. The van der Waals surface area contributed by atoms with Gasteiger partial charge in [-0.3, -0.25) is 4.79 Å². The van der Waals surface area contributed by atoms with E-state index < -0.39 is 0 Å². The van der Waals surface area contributed by atoms with Crippen LogP contribution in [0.25, 0.3) is 17.0 Å². The molecular formula is C21H18N2O2. The zero-order valence-corrected chi connectivity index (χ0v) is 14.2. The van der Waals surface area contributed by atoms with E-state index in [1.165, 1.54) is 5.56 Å². The molecular weight excluding hydrogens is 312 g/mol. The Kier molecular flexibility index (Phi) is 4.67. The van der Waals surface area contributed by atoms with E-state index in [0.717, 1.165) is 22.9 Å². The lowest BCUT2D eigenvalue weighted by Crippen LogP contribution is -2.02. The van der Waals surface area contributed by atoms with Gasteiger partial charge in [-0.15, -0.1) is 0 Å². The van der Waals surface area contributed by atoms with E-state index in [1.54, 1.807) is 37.5 Å². The van der Waals surface area contributed by atoms with Gasteiger partial charge in [-0.05, 0) is 30.2 Å². The number of benzene rings is 2. The Bertz CT molecular complexity index is 1010. The Morgan fingerprint density at radius 3 is 2.80 bits per heavy atom. The van der Waals surface area contributed by atoms with Crippen LogP contribution in [-0.4, -0.2) is 17.9 Å². The molecule has 0 bridgehead atoms. The Morgan fingerprint density at radius 2 is 2.08 bits per heavy atom. The van der Waals surface area contributed by atoms with Gasteiger partial charge in [0.05, 0.1) is 7.11 Å². The van der Waals surface area contributed by atoms with Crippen molar-refractivity contribution in [1.82, 2.24) is 4.98 Å². The molecule has 0 fully saturated rings. The lowest BCUT2D eigenvalue weighted by molar-refractivity contribution is 0.103. The summed E-state index contributed by atoms with van der Waals surface area (Å²) >= 11 is 0. The fourth-order valence-electron chi connectivity index (χ4n) is 2.88. The Balaban J connectivity index is 2.04. The average Bonchev–Trinajstić information content (AvgIpc) is 3.08. The third-order valence-electron chi connectivity index (χ3n) is 4.21. The number of aromatic nitrogens is 1. The van der Waals surface area contributed by atoms with E-state index in [0.29, 0.717) is 11.3 Å². The fourth-order valence-corrected chi connectivity index (χ4v) is 2.88. The minimum Gasteiger partial charge on any atom is -0.497 e. The average molecular weight is 330 g/mol. The summed E-state index contributed by atoms with van der Waals surface area (Å²) in [6.07, 6.45) is 4.38. The molecule has 124 valence electrons. The van der Waals surface area contributed by atoms with Gasteiger partial charge < -0.3 is 9.72 Å². The zero-order valence-electron chi connectivity index (χ0n) is 14.2. The minimum absolute atomic E-state index is 0.0936. The topological polar surface area (TPSA) is 65.9 Å². The van der Waals surface area contributed by atoms with E-state index >= 15 is 0 Å². The molecule has 0 saturated carbocycles. The van der Waals surface area contributed by atoms with Gasteiger partial charge in [-0.2, -0.15) is 5.26 Å². The maximum Gasteiger partial charge on any atom is 0.203 e. The number of H-pyrrole nitrogens is 1. The van der Waals surface area contributed by atoms with Crippen molar-refractivity contribution in [3.63, 3.8) is 0 Å². The van der Waals surface area contributed by atoms with Crippen LogP contribution in [0.5, 0.6) is 5.75 Å². The molecule has 2 aromatic carbocycles. The van der Waals surface area contributed by atoms with Gasteiger partial charge in [0.15, 0.2) is 0 Å². The third-order valence-corrected chi connectivity index (χ3v) is 4.21. The first-order chi connectivity index (χ1) is 12.2. The zero-order chi connectivity index (χ0) is 17.8. The number of carbonyl (C=O) groups excluding carboxylic acids is 1. The first kappa shape index (κ1) is 16.5. The highest BCUT2D eigenvalue weighted by Gasteiger charge is 2.14. The molecule has 4 nitrogen and oxygen atoms in total. The first-order valence-electron chi connectivity index (χ1n) is 8.07. The van der Waals surface area contributed by atoms with Crippen molar-refractivity contribution in [2.45, 2.75) is 13.3 Å². The molecule has 0 aliphatic heterocycles. The summed E-state index contributed by atoms with van der Waals surface area (Å²) in [5.74, 6) is 0.269. The van der Waals surface area contributed by atoms with Crippen molar-refractivity contribution in [2.75, 3.05) is 7.11 Å². The number of nitriles is 1. The lowest BCUT2D eigenvalue weighted by atomic mass is 10.0. The smallest absolute Gasteiger partial charge is 0.203 e. The molecule has 0 aliphatic carbocycles. The van der Waals surface area contributed by atoms with Crippen molar-refractivity contribution >= 4 is 22.8 Å². The van der Waals surface area contributed by atoms with E-state index in [2.05, 4.69) is 18.0 Å². The van der Waals surface area contributed by atoms with Gasteiger partial charge >= 0.3 is 0 Å². The van der Waals surface area contributed by atoms with Gasteiger partial charge in [0, 0.05) is 28.2 Å². The molecule has 1 N–H and O–H groups in total. The van der Waals surface area contributed by atoms with Crippen molar-refractivity contribution in [3.05, 3.63) is 70.9 Å². The maximum absolute atomic E-state index is 12.7. The number of methoxy groups -OCH3 is 1. The van der Waals surface area contributed by atoms with Gasteiger partial charge in [0.1, 0.15) is 17.4 Å². The lowest BCUT2D eigenvalue weighted by Gasteiger charge is -2.03. The summed E-state index contributed by atoms with van der Waals surface area (Å²) in [5, 5.41) is 10.5. The monoisotopic (exact) mass is 330 g/mol. The molecule has 0 atom stereocenters.